The van der Waals surface area contributed by atoms with Gasteiger partial charge in [-0.1, -0.05) is 23.4 Å². The van der Waals surface area contributed by atoms with Crippen molar-refractivity contribution in [3.8, 4) is 11.8 Å². The molecule has 4 nitrogen and oxygen atoms in total. The maximum atomic E-state index is 8.70. The average Bonchev–Trinajstić information content (AvgIpc) is 2.46. The zero-order valence-corrected chi connectivity index (χ0v) is 11.8. The van der Waals surface area contributed by atoms with Gasteiger partial charge < -0.3 is 10.0 Å². The summed E-state index contributed by atoms with van der Waals surface area (Å²) in [6, 6.07) is 4.13. The van der Waals surface area contributed by atoms with Crippen LogP contribution in [0.2, 0.25) is 5.15 Å². The number of anilines is 1. The van der Waals surface area contributed by atoms with E-state index in [0.29, 0.717) is 17.1 Å². The molecule has 5 heteroatoms. The molecule has 0 amide bonds. The molecule has 2 rings (SSSR count). The van der Waals surface area contributed by atoms with Gasteiger partial charge in [-0.15, -0.1) is 10.2 Å². The van der Waals surface area contributed by atoms with Crippen LogP contribution in [0.5, 0.6) is 0 Å². The quantitative estimate of drug-likeness (QED) is 0.843. The van der Waals surface area contributed by atoms with Crippen LogP contribution >= 0.6 is 11.6 Å². The second kappa shape index (κ2) is 6.74. The van der Waals surface area contributed by atoms with Crippen molar-refractivity contribution in [2.24, 2.45) is 5.92 Å². The largest absolute Gasteiger partial charge is 0.384 e. The molecule has 0 aromatic carbocycles. The van der Waals surface area contributed by atoms with E-state index in [9.17, 15) is 0 Å². The lowest BCUT2D eigenvalue weighted by Gasteiger charge is -2.33. The summed E-state index contributed by atoms with van der Waals surface area (Å²) in [5.74, 6) is 7.15. The van der Waals surface area contributed by atoms with E-state index in [1.54, 1.807) is 6.07 Å². The number of aromatic nitrogens is 2. The highest BCUT2D eigenvalue weighted by molar-refractivity contribution is 6.29. The number of halogens is 1. The van der Waals surface area contributed by atoms with Crippen LogP contribution in [0.25, 0.3) is 0 Å². The number of nitrogens with zero attached hydrogens (tertiary/aromatic N) is 3. The first-order chi connectivity index (χ1) is 9.20. The van der Waals surface area contributed by atoms with Gasteiger partial charge >= 0.3 is 0 Å². The predicted octanol–water partition coefficient (Wildman–Crippen LogP) is 2.12. The Morgan fingerprint density at radius 3 is 2.63 bits per heavy atom. The molecule has 0 spiro atoms. The molecule has 0 saturated heterocycles. The summed E-state index contributed by atoms with van der Waals surface area (Å²) in [6.45, 7) is -0.0415. The molecule has 1 saturated carbocycles. The van der Waals surface area contributed by atoms with Crippen LogP contribution in [0, 0.1) is 17.8 Å². The molecule has 1 aliphatic rings. The fourth-order valence-corrected chi connectivity index (χ4v) is 2.58. The Hall–Kier alpha value is -1.31. The van der Waals surface area contributed by atoms with E-state index >= 15 is 0 Å². The van der Waals surface area contributed by atoms with Gasteiger partial charge in [-0.25, -0.2) is 0 Å². The lowest BCUT2D eigenvalue weighted by atomic mass is 9.86. The second-order valence-corrected chi connectivity index (χ2v) is 5.20. The Labute approximate surface area is 118 Å². The molecule has 1 N–H and O–H groups in total. The molecule has 19 heavy (non-hydrogen) atoms. The van der Waals surface area contributed by atoms with Gasteiger partial charge in [-0.3, -0.25) is 0 Å². The van der Waals surface area contributed by atoms with Gasteiger partial charge in [-0.2, -0.15) is 0 Å². The summed E-state index contributed by atoms with van der Waals surface area (Å²) in [4.78, 5) is 2.17. The van der Waals surface area contributed by atoms with Crippen LogP contribution in [0.15, 0.2) is 12.1 Å². The summed E-state index contributed by atoms with van der Waals surface area (Å²) in [6.07, 6.45) is 4.32. The molecule has 0 aliphatic heterocycles. The van der Waals surface area contributed by atoms with Crippen molar-refractivity contribution in [2.75, 3.05) is 18.6 Å². The minimum absolute atomic E-state index is 0.0415. The van der Waals surface area contributed by atoms with Gasteiger partial charge in [0.25, 0.3) is 0 Å². The number of aliphatic hydroxyl groups excluding tert-OH is 1. The molecule has 0 radical (unpaired) electrons. The topological polar surface area (TPSA) is 49.2 Å². The molecule has 1 heterocycles. The van der Waals surface area contributed by atoms with Crippen molar-refractivity contribution in [2.45, 2.75) is 31.7 Å². The van der Waals surface area contributed by atoms with Crippen LogP contribution in [-0.4, -0.2) is 35.0 Å². The molecule has 1 aromatic rings. The van der Waals surface area contributed by atoms with Crippen molar-refractivity contribution < 1.29 is 5.11 Å². The fourth-order valence-electron chi connectivity index (χ4n) is 2.48. The van der Waals surface area contributed by atoms with E-state index in [2.05, 4.69) is 26.9 Å². The highest BCUT2D eigenvalue weighted by atomic mass is 35.5. The molecule has 0 atom stereocenters. The molecule has 0 bridgehead atoms. The first kappa shape index (κ1) is 14.1. The van der Waals surface area contributed by atoms with Crippen molar-refractivity contribution >= 4 is 17.4 Å². The SMILES string of the molecule is CN(c1ccc(Cl)nn1)C1CCC(C#CCO)CC1. The number of hydrogen-bond donors (Lipinski definition) is 1. The van der Waals surface area contributed by atoms with Crippen LogP contribution in [0.4, 0.5) is 5.82 Å². The Morgan fingerprint density at radius 1 is 1.32 bits per heavy atom. The summed E-state index contributed by atoms with van der Waals surface area (Å²) in [7, 11) is 2.04. The van der Waals surface area contributed by atoms with E-state index in [0.717, 1.165) is 31.5 Å². The van der Waals surface area contributed by atoms with Crippen LogP contribution in [0.3, 0.4) is 0 Å². The Kier molecular flexibility index (Phi) is 5.00. The predicted molar refractivity (Wildman–Crippen MR) is 76.1 cm³/mol. The van der Waals surface area contributed by atoms with E-state index in [1.165, 1.54) is 0 Å². The van der Waals surface area contributed by atoms with E-state index < -0.39 is 0 Å². The van der Waals surface area contributed by atoms with Crippen LogP contribution in [-0.2, 0) is 0 Å². The van der Waals surface area contributed by atoms with E-state index in [-0.39, 0.29) is 6.61 Å². The minimum atomic E-state index is -0.0415. The highest BCUT2D eigenvalue weighted by Crippen LogP contribution is 2.28. The van der Waals surface area contributed by atoms with Gasteiger partial charge in [0.05, 0.1) is 0 Å². The molecular weight excluding hydrogens is 262 g/mol. The molecule has 102 valence electrons. The molecular formula is C14H18ClN3O. The number of rotatable bonds is 2. The lowest BCUT2D eigenvalue weighted by molar-refractivity contribution is 0.348. The normalized spacial score (nSPS) is 22.5. The standard InChI is InChI=1S/C14H18ClN3O/c1-18(14-9-8-13(15)16-17-14)12-6-4-11(5-7-12)3-2-10-19/h8-9,11-12,19H,4-7,10H2,1H3. The first-order valence-corrected chi connectivity index (χ1v) is 6.90. The summed E-state index contributed by atoms with van der Waals surface area (Å²) in [5, 5.41) is 17.1. The monoisotopic (exact) mass is 279 g/mol. The third kappa shape index (κ3) is 3.82. The van der Waals surface area contributed by atoms with Gasteiger partial charge in [0.1, 0.15) is 6.61 Å². The zero-order valence-electron chi connectivity index (χ0n) is 11.0. The van der Waals surface area contributed by atoms with Gasteiger partial charge in [0.15, 0.2) is 11.0 Å². The van der Waals surface area contributed by atoms with E-state index in [1.807, 2.05) is 13.1 Å². The Bertz CT molecular complexity index is 458. The summed E-state index contributed by atoms with van der Waals surface area (Å²) < 4.78 is 0. The van der Waals surface area contributed by atoms with Gasteiger partial charge in [0.2, 0.25) is 0 Å². The van der Waals surface area contributed by atoms with Gasteiger partial charge in [-0.05, 0) is 37.8 Å². The molecule has 1 aromatic heterocycles. The van der Waals surface area contributed by atoms with Crippen molar-refractivity contribution in [3.63, 3.8) is 0 Å². The third-order valence-corrected chi connectivity index (χ3v) is 3.81. The summed E-state index contributed by atoms with van der Waals surface area (Å²) >= 11 is 5.74. The van der Waals surface area contributed by atoms with Crippen molar-refractivity contribution in [1.82, 2.24) is 10.2 Å². The van der Waals surface area contributed by atoms with Crippen LogP contribution in [0.1, 0.15) is 25.7 Å². The first-order valence-electron chi connectivity index (χ1n) is 6.52. The highest BCUT2D eigenvalue weighted by Gasteiger charge is 2.23. The van der Waals surface area contributed by atoms with Crippen LogP contribution < -0.4 is 4.90 Å². The molecule has 1 aliphatic carbocycles. The van der Waals surface area contributed by atoms with E-state index in [4.69, 9.17) is 16.7 Å². The molecule has 1 fully saturated rings. The maximum absolute atomic E-state index is 8.70. The number of aliphatic hydroxyl groups is 1. The Balaban J connectivity index is 1.92. The lowest BCUT2D eigenvalue weighted by Crippen LogP contribution is -2.35. The smallest absolute Gasteiger partial charge is 0.151 e. The summed E-state index contributed by atoms with van der Waals surface area (Å²) in [5.41, 5.74) is 0. The minimum Gasteiger partial charge on any atom is -0.384 e. The molecule has 0 unspecified atom stereocenters. The third-order valence-electron chi connectivity index (χ3n) is 3.61. The number of hydrogen-bond acceptors (Lipinski definition) is 4. The zero-order chi connectivity index (χ0) is 13.7. The fraction of sp³-hybridized carbons (Fsp3) is 0.571. The second-order valence-electron chi connectivity index (χ2n) is 4.81. The maximum Gasteiger partial charge on any atom is 0.151 e. The van der Waals surface area contributed by atoms with Gasteiger partial charge in [0, 0.05) is 19.0 Å². The van der Waals surface area contributed by atoms with Crippen molar-refractivity contribution in [1.29, 1.82) is 0 Å². The van der Waals surface area contributed by atoms with Crippen molar-refractivity contribution in [3.05, 3.63) is 17.3 Å². The average molecular weight is 280 g/mol. The Morgan fingerprint density at radius 2 is 2.05 bits per heavy atom.